The Hall–Kier alpha value is -2.67. The monoisotopic (exact) mass is 408 g/mol. The fourth-order valence-electron chi connectivity index (χ4n) is 5.40. The molecule has 2 aliphatic heterocycles. The fraction of sp³-hybridized carbons (Fsp3) is 0.522. The highest BCUT2D eigenvalue weighted by atomic mass is 16.2. The van der Waals surface area contributed by atoms with Gasteiger partial charge >= 0.3 is 0 Å². The van der Waals surface area contributed by atoms with Gasteiger partial charge in [-0.25, -0.2) is 4.52 Å². The summed E-state index contributed by atoms with van der Waals surface area (Å²) in [4.78, 5) is 33.2. The quantitative estimate of drug-likeness (QED) is 0.704. The molecular formula is C23H30N5O2+. The van der Waals surface area contributed by atoms with Gasteiger partial charge < -0.3 is 9.80 Å². The highest BCUT2D eigenvalue weighted by molar-refractivity contribution is 5.93. The molecule has 0 bridgehead atoms. The van der Waals surface area contributed by atoms with E-state index < -0.39 is 0 Å². The van der Waals surface area contributed by atoms with Crippen LogP contribution in [-0.4, -0.2) is 57.2 Å². The van der Waals surface area contributed by atoms with Gasteiger partial charge in [-0.1, -0.05) is 12.1 Å². The van der Waals surface area contributed by atoms with Gasteiger partial charge in [-0.2, -0.15) is 4.98 Å². The Morgan fingerprint density at radius 2 is 1.87 bits per heavy atom. The first kappa shape index (κ1) is 19.3. The van der Waals surface area contributed by atoms with Crippen LogP contribution in [0.5, 0.6) is 0 Å². The van der Waals surface area contributed by atoms with Crippen molar-refractivity contribution in [2.75, 3.05) is 26.2 Å². The van der Waals surface area contributed by atoms with Crippen LogP contribution >= 0.6 is 0 Å². The van der Waals surface area contributed by atoms with Crippen LogP contribution in [0.25, 0.3) is 16.6 Å². The van der Waals surface area contributed by atoms with Gasteiger partial charge in [-0.15, -0.1) is 0 Å². The molecule has 30 heavy (non-hydrogen) atoms. The minimum atomic E-state index is -0.246. The van der Waals surface area contributed by atoms with Crippen LogP contribution in [0.4, 0.5) is 0 Å². The van der Waals surface area contributed by atoms with Crippen molar-refractivity contribution in [3.63, 3.8) is 0 Å². The fourth-order valence-corrected chi connectivity index (χ4v) is 5.40. The second kappa shape index (κ2) is 7.87. The van der Waals surface area contributed by atoms with Crippen LogP contribution in [0.3, 0.4) is 0 Å². The molecule has 0 radical (unpaired) electrons. The third-order valence-electron chi connectivity index (χ3n) is 6.95. The third kappa shape index (κ3) is 3.41. The topological polar surface area (TPSA) is 64.0 Å². The van der Waals surface area contributed by atoms with E-state index in [1.807, 2.05) is 45.3 Å². The predicted molar refractivity (Wildman–Crippen MR) is 116 cm³/mol. The number of carbonyl (C=O) groups is 1. The number of carbonyl (C=O) groups excluding carboxylic acids is 1. The van der Waals surface area contributed by atoms with Gasteiger partial charge in [-0.05, 0) is 38.3 Å². The van der Waals surface area contributed by atoms with E-state index in [1.165, 1.54) is 38.4 Å². The molecule has 2 aromatic heterocycles. The van der Waals surface area contributed by atoms with E-state index in [4.69, 9.17) is 0 Å². The van der Waals surface area contributed by atoms with Gasteiger partial charge in [0.25, 0.3) is 5.56 Å². The number of para-hydroxylation sites is 1. The lowest BCUT2D eigenvalue weighted by molar-refractivity contribution is -0.931. The van der Waals surface area contributed by atoms with Crippen LogP contribution in [0.15, 0.2) is 35.1 Å². The molecule has 158 valence electrons. The van der Waals surface area contributed by atoms with Crippen LogP contribution in [0.1, 0.15) is 37.8 Å². The van der Waals surface area contributed by atoms with Crippen LogP contribution in [0, 0.1) is 6.92 Å². The minimum absolute atomic E-state index is 0.142. The van der Waals surface area contributed by atoms with E-state index in [1.54, 1.807) is 4.90 Å². The van der Waals surface area contributed by atoms with Gasteiger partial charge in [0.1, 0.15) is 6.54 Å². The van der Waals surface area contributed by atoms with Crippen LogP contribution in [0.2, 0.25) is 0 Å². The number of nitrogens with one attached hydrogen (secondary N) is 1. The summed E-state index contributed by atoms with van der Waals surface area (Å²) in [5.74, 6) is 0.142. The number of aromatic nitrogens is 3. The molecule has 0 spiro atoms. The molecule has 5 rings (SSSR count). The summed E-state index contributed by atoms with van der Waals surface area (Å²) in [5, 5.41) is 0.901. The van der Waals surface area contributed by atoms with Gasteiger partial charge in [0.05, 0.1) is 24.6 Å². The standard InChI is InChI=1S/C23H29N5O2/c1-17-15-21(29)24-23-19-7-3-4-8-20(19)27(28(17)23)16-22(30)26-13-9-18(10-14-26)25-11-5-2-6-12-25/h3-4,7-8,15,18H,2,5-6,9-14,16H2,1H3/p+1. The number of hydrogen-bond donors (Lipinski definition) is 1. The molecule has 0 unspecified atom stereocenters. The van der Waals surface area contributed by atoms with E-state index in [0.29, 0.717) is 11.7 Å². The maximum absolute atomic E-state index is 13.2. The smallest absolute Gasteiger partial charge is 0.273 e. The number of rotatable bonds is 3. The van der Waals surface area contributed by atoms with Crippen LogP contribution in [-0.2, 0) is 11.3 Å². The highest BCUT2D eigenvalue weighted by Gasteiger charge is 2.30. The lowest BCUT2D eigenvalue weighted by atomic mass is 10.00. The highest BCUT2D eigenvalue weighted by Crippen LogP contribution is 2.22. The Balaban J connectivity index is 1.38. The Kier molecular flexibility index (Phi) is 5.06. The Labute approximate surface area is 175 Å². The van der Waals surface area contributed by atoms with Gasteiger partial charge in [0, 0.05) is 43.1 Å². The molecule has 1 aromatic carbocycles. The summed E-state index contributed by atoms with van der Waals surface area (Å²) < 4.78 is 3.88. The summed E-state index contributed by atoms with van der Waals surface area (Å²) >= 11 is 0. The van der Waals surface area contributed by atoms with E-state index in [-0.39, 0.29) is 18.0 Å². The van der Waals surface area contributed by atoms with Gasteiger partial charge in [-0.3, -0.25) is 14.3 Å². The molecule has 3 aromatic rings. The van der Waals surface area contributed by atoms with Crippen molar-refractivity contribution in [3.05, 3.63) is 46.4 Å². The Morgan fingerprint density at radius 3 is 2.63 bits per heavy atom. The number of fused-ring (bicyclic) bond motifs is 3. The van der Waals surface area contributed by atoms with Crippen molar-refractivity contribution in [1.29, 1.82) is 0 Å². The average Bonchev–Trinajstić information content (AvgIpc) is 3.08. The largest absolute Gasteiger partial charge is 0.341 e. The second-order valence-corrected chi connectivity index (χ2v) is 8.82. The van der Waals surface area contributed by atoms with Crippen LogP contribution < -0.4 is 10.5 Å². The molecule has 2 fully saturated rings. The van der Waals surface area contributed by atoms with E-state index in [0.717, 1.165) is 42.5 Å². The molecule has 7 heteroatoms. The van der Waals surface area contributed by atoms with Crippen molar-refractivity contribution in [2.24, 2.45) is 0 Å². The predicted octanol–water partition coefficient (Wildman–Crippen LogP) is 1.02. The van der Waals surface area contributed by atoms with E-state index >= 15 is 0 Å². The van der Waals surface area contributed by atoms with E-state index in [9.17, 15) is 9.59 Å². The number of hydrogen-bond acceptors (Lipinski definition) is 3. The minimum Gasteiger partial charge on any atom is -0.341 e. The molecule has 1 N–H and O–H groups in total. The number of aryl methyl sites for hydroxylation is 1. The summed E-state index contributed by atoms with van der Waals surface area (Å²) in [6.07, 6.45) is 6.26. The zero-order chi connectivity index (χ0) is 20.7. The molecule has 0 aliphatic carbocycles. The number of amides is 1. The van der Waals surface area contributed by atoms with Gasteiger partial charge in [0.2, 0.25) is 5.91 Å². The molecular weight excluding hydrogens is 378 g/mol. The molecule has 4 heterocycles. The summed E-state index contributed by atoms with van der Waals surface area (Å²) in [6, 6.07) is 10.1. The van der Waals surface area contributed by atoms with Crippen molar-refractivity contribution < 1.29 is 9.69 Å². The Bertz CT molecular complexity index is 1130. The average molecular weight is 409 g/mol. The third-order valence-corrected chi connectivity index (χ3v) is 6.95. The number of piperidine rings is 2. The van der Waals surface area contributed by atoms with Crippen molar-refractivity contribution in [3.8, 4) is 0 Å². The Morgan fingerprint density at radius 1 is 1.13 bits per heavy atom. The lowest BCUT2D eigenvalue weighted by Gasteiger charge is -2.37. The number of likely N-dealkylation sites (tertiary alicyclic amines) is 2. The molecule has 0 atom stereocenters. The van der Waals surface area contributed by atoms with E-state index in [2.05, 4.69) is 4.98 Å². The second-order valence-electron chi connectivity index (χ2n) is 8.82. The summed E-state index contributed by atoms with van der Waals surface area (Å²) in [5.41, 5.74) is 2.10. The SMILES string of the molecule is Cc1cc(=O)nc2c3ccccc3n(CC(=O)N3CCC([NH+]4CCCCC4)CC3)n12. The van der Waals surface area contributed by atoms with Crippen molar-refractivity contribution in [1.82, 2.24) is 19.1 Å². The first-order chi connectivity index (χ1) is 14.6. The number of nitrogens with zero attached hydrogens (tertiary/aromatic N) is 4. The zero-order valence-corrected chi connectivity index (χ0v) is 17.6. The molecule has 0 saturated carbocycles. The first-order valence-corrected chi connectivity index (χ1v) is 11.2. The number of quaternary nitrogens is 1. The van der Waals surface area contributed by atoms with Crippen molar-refractivity contribution in [2.45, 2.75) is 51.6 Å². The lowest BCUT2D eigenvalue weighted by Crippen LogP contribution is -3.16. The maximum Gasteiger partial charge on any atom is 0.273 e. The van der Waals surface area contributed by atoms with Crippen molar-refractivity contribution >= 4 is 22.5 Å². The first-order valence-electron chi connectivity index (χ1n) is 11.2. The maximum atomic E-state index is 13.2. The molecule has 2 saturated heterocycles. The van der Waals surface area contributed by atoms with Gasteiger partial charge in [0.15, 0.2) is 5.65 Å². The molecule has 7 nitrogen and oxygen atoms in total. The molecule has 1 amide bonds. The number of benzene rings is 1. The summed E-state index contributed by atoms with van der Waals surface area (Å²) in [7, 11) is 0. The normalized spacial score (nSPS) is 19.0. The zero-order valence-electron chi connectivity index (χ0n) is 17.6. The summed E-state index contributed by atoms with van der Waals surface area (Å²) in [6.45, 7) is 6.43. The molecule has 2 aliphatic rings.